The number of halogens is 4. The maximum atomic E-state index is 14.2. The van der Waals surface area contributed by atoms with Crippen LogP contribution in [0.5, 0.6) is 11.5 Å². The van der Waals surface area contributed by atoms with E-state index in [4.69, 9.17) is 21.6 Å². The van der Waals surface area contributed by atoms with Gasteiger partial charge < -0.3 is 4.74 Å². The van der Waals surface area contributed by atoms with Crippen molar-refractivity contribution in [2.75, 3.05) is 0 Å². The maximum Gasteiger partial charge on any atom is 0.297 e. The molecule has 0 aliphatic heterocycles. The molecule has 4 aromatic rings. The number of nitrogens with one attached hydrogen (secondary N) is 1. The summed E-state index contributed by atoms with van der Waals surface area (Å²) in [7, 11) is 0. The van der Waals surface area contributed by atoms with E-state index in [1.807, 2.05) is 6.07 Å². The lowest BCUT2D eigenvalue weighted by Gasteiger charge is -2.16. The quantitative estimate of drug-likeness (QED) is 0.403. The Morgan fingerprint density at radius 3 is 2.56 bits per heavy atom. The molecule has 0 aliphatic rings. The van der Waals surface area contributed by atoms with E-state index < -0.39 is 34.3 Å². The summed E-state index contributed by atoms with van der Waals surface area (Å²) in [5, 5.41) is 15.4. The Morgan fingerprint density at radius 1 is 1.17 bits per heavy atom. The molecule has 8 nitrogen and oxygen atoms in total. The molecule has 4 rings (SSSR count). The molecule has 182 valence electrons. The molecule has 0 saturated carbocycles. The number of hydrogen-bond acceptors (Lipinski definition) is 6. The van der Waals surface area contributed by atoms with Crippen LogP contribution in [0.2, 0.25) is 5.02 Å². The minimum atomic E-state index is -3.53. The molecular formula is C24H15ClF3N5O3. The van der Waals surface area contributed by atoms with Crippen molar-refractivity contribution in [2.45, 2.75) is 19.4 Å². The van der Waals surface area contributed by atoms with Gasteiger partial charge in [-0.2, -0.15) is 19.1 Å². The smallest absolute Gasteiger partial charge is 0.297 e. The van der Waals surface area contributed by atoms with E-state index in [1.54, 1.807) is 0 Å². The fourth-order valence-corrected chi connectivity index (χ4v) is 3.56. The zero-order chi connectivity index (χ0) is 26.0. The highest BCUT2D eigenvalue weighted by atomic mass is 35.5. The fraction of sp³-hybridized carbons (Fsp3) is 0.125. The molecule has 36 heavy (non-hydrogen) atoms. The first-order chi connectivity index (χ1) is 17.0. The third-order valence-electron chi connectivity index (χ3n) is 4.98. The van der Waals surface area contributed by atoms with Crippen molar-refractivity contribution >= 4 is 11.6 Å². The molecule has 2 aromatic heterocycles. The van der Waals surface area contributed by atoms with E-state index in [1.165, 1.54) is 48.5 Å². The van der Waals surface area contributed by atoms with E-state index in [0.717, 1.165) is 10.9 Å². The molecule has 0 aliphatic carbocycles. The summed E-state index contributed by atoms with van der Waals surface area (Å²) in [5.41, 5.74) is -1.56. The van der Waals surface area contributed by atoms with E-state index in [0.29, 0.717) is 12.5 Å². The Labute approximate surface area is 206 Å². The Bertz CT molecular complexity index is 1610. The predicted octanol–water partition coefficient (Wildman–Crippen LogP) is 4.61. The SMILES string of the molecule is CC(F)(F)c1ncn(Cc2cc(-c3ccc(F)cc3)c(=O)[nH]n2)c(=O)c1Oc1cc(Cl)cc(C#N)c1. The largest absolute Gasteiger partial charge is 0.449 e. The van der Waals surface area contributed by atoms with Crippen molar-refractivity contribution in [3.63, 3.8) is 0 Å². The molecule has 0 spiro atoms. The zero-order valence-corrected chi connectivity index (χ0v) is 19.2. The lowest BCUT2D eigenvalue weighted by Crippen LogP contribution is -2.27. The molecule has 0 radical (unpaired) electrons. The van der Waals surface area contributed by atoms with Crippen LogP contribution in [-0.4, -0.2) is 19.7 Å². The summed E-state index contributed by atoms with van der Waals surface area (Å²) < 4.78 is 48.2. The molecular weight excluding hydrogens is 499 g/mol. The summed E-state index contributed by atoms with van der Waals surface area (Å²) in [5.74, 6) is -4.89. The van der Waals surface area contributed by atoms with Crippen molar-refractivity contribution in [1.82, 2.24) is 19.7 Å². The van der Waals surface area contributed by atoms with Crippen LogP contribution in [0.25, 0.3) is 11.1 Å². The van der Waals surface area contributed by atoms with Crippen LogP contribution >= 0.6 is 11.6 Å². The third kappa shape index (κ3) is 5.29. The molecule has 1 N–H and O–H groups in total. The highest BCUT2D eigenvalue weighted by Gasteiger charge is 2.33. The topological polar surface area (TPSA) is 114 Å². The van der Waals surface area contributed by atoms with Crippen LogP contribution in [0.1, 0.15) is 23.9 Å². The molecule has 12 heteroatoms. The van der Waals surface area contributed by atoms with Gasteiger partial charge in [-0.1, -0.05) is 23.7 Å². The van der Waals surface area contributed by atoms with Gasteiger partial charge in [0.2, 0.25) is 5.75 Å². The fourth-order valence-electron chi connectivity index (χ4n) is 3.34. The van der Waals surface area contributed by atoms with Crippen LogP contribution in [0.3, 0.4) is 0 Å². The summed E-state index contributed by atoms with van der Waals surface area (Å²) in [6.07, 6.45) is 0.908. The highest BCUT2D eigenvalue weighted by molar-refractivity contribution is 6.30. The van der Waals surface area contributed by atoms with Gasteiger partial charge in [0.15, 0.2) is 5.69 Å². The average Bonchev–Trinajstić information content (AvgIpc) is 2.82. The van der Waals surface area contributed by atoms with E-state index in [-0.39, 0.29) is 34.1 Å². The van der Waals surface area contributed by atoms with Crippen LogP contribution in [0, 0.1) is 17.1 Å². The first-order valence-electron chi connectivity index (χ1n) is 10.3. The van der Waals surface area contributed by atoms with Crippen LogP contribution < -0.4 is 15.9 Å². The molecule has 0 atom stereocenters. The standard InChI is InChI=1S/C24H15ClF3N5O3/c1-24(27,28)21-20(36-18-7-13(10-29)6-15(25)8-18)23(35)33(12-30-21)11-17-9-19(22(34)32-31-17)14-2-4-16(26)5-3-14/h2-9,12H,11H2,1H3,(H,32,34). The van der Waals surface area contributed by atoms with Gasteiger partial charge in [0.25, 0.3) is 17.0 Å². The summed E-state index contributed by atoms with van der Waals surface area (Å²) in [6, 6.07) is 12.3. The Hall–Kier alpha value is -4.43. The Balaban J connectivity index is 1.76. The number of alkyl halides is 2. The number of nitrogens with zero attached hydrogens (tertiary/aromatic N) is 4. The van der Waals surface area contributed by atoms with Gasteiger partial charge in [-0.25, -0.2) is 14.5 Å². The van der Waals surface area contributed by atoms with Gasteiger partial charge in [-0.15, -0.1) is 0 Å². The van der Waals surface area contributed by atoms with Gasteiger partial charge in [0.05, 0.1) is 35.8 Å². The minimum absolute atomic E-state index is 0.0947. The van der Waals surface area contributed by atoms with Gasteiger partial charge >= 0.3 is 0 Å². The Morgan fingerprint density at radius 2 is 1.89 bits per heavy atom. The lowest BCUT2D eigenvalue weighted by atomic mass is 10.1. The van der Waals surface area contributed by atoms with Crippen molar-refractivity contribution in [2.24, 2.45) is 0 Å². The number of nitriles is 1. The van der Waals surface area contributed by atoms with Gasteiger partial charge in [0, 0.05) is 11.9 Å². The predicted molar refractivity (Wildman–Crippen MR) is 124 cm³/mol. The number of aromatic nitrogens is 4. The van der Waals surface area contributed by atoms with Gasteiger partial charge in [-0.05, 0) is 42.0 Å². The van der Waals surface area contributed by atoms with Crippen molar-refractivity contribution in [3.8, 4) is 28.7 Å². The summed E-state index contributed by atoms with van der Waals surface area (Å²) in [6.45, 7) is 0.296. The normalized spacial score (nSPS) is 11.2. The van der Waals surface area contributed by atoms with Gasteiger partial charge in [-0.3, -0.25) is 14.2 Å². The summed E-state index contributed by atoms with van der Waals surface area (Å²) >= 11 is 5.95. The monoisotopic (exact) mass is 513 g/mol. The Kier molecular flexibility index (Phi) is 6.63. The number of ether oxygens (including phenoxy) is 1. The molecule has 0 bridgehead atoms. The van der Waals surface area contributed by atoms with E-state index in [2.05, 4.69) is 15.2 Å². The zero-order valence-electron chi connectivity index (χ0n) is 18.4. The second-order valence-corrected chi connectivity index (χ2v) is 8.18. The average molecular weight is 514 g/mol. The number of benzene rings is 2. The van der Waals surface area contributed by atoms with Crippen LogP contribution in [0.15, 0.2) is 64.4 Å². The molecule has 2 aromatic carbocycles. The summed E-state index contributed by atoms with van der Waals surface area (Å²) in [4.78, 5) is 29.1. The third-order valence-corrected chi connectivity index (χ3v) is 5.19. The molecule has 2 heterocycles. The first-order valence-corrected chi connectivity index (χ1v) is 10.6. The second-order valence-electron chi connectivity index (χ2n) is 7.74. The molecule has 0 fully saturated rings. The molecule has 0 saturated heterocycles. The lowest BCUT2D eigenvalue weighted by molar-refractivity contribution is 0.0101. The van der Waals surface area contributed by atoms with Gasteiger partial charge in [0.1, 0.15) is 11.6 Å². The second kappa shape index (κ2) is 9.67. The molecule has 0 unspecified atom stereocenters. The van der Waals surface area contributed by atoms with Crippen molar-refractivity contribution in [1.29, 1.82) is 5.26 Å². The number of hydrogen-bond donors (Lipinski definition) is 1. The highest BCUT2D eigenvalue weighted by Crippen LogP contribution is 2.33. The van der Waals surface area contributed by atoms with Crippen molar-refractivity contribution in [3.05, 3.63) is 103 Å². The minimum Gasteiger partial charge on any atom is -0.449 e. The van der Waals surface area contributed by atoms with Crippen LogP contribution in [0.4, 0.5) is 13.2 Å². The number of rotatable bonds is 6. The maximum absolute atomic E-state index is 14.2. The number of H-pyrrole nitrogens is 1. The first kappa shape index (κ1) is 24.7. The van der Waals surface area contributed by atoms with E-state index >= 15 is 0 Å². The molecule has 0 amide bonds. The van der Waals surface area contributed by atoms with E-state index in [9.17, 15) is 22.8 Å². The number of aromatic amines is 1. The van der Waals surface area contributed by atoms with Crippen molar-refractivity contribution < 1.29 is 17.9 Å². The van der Waals surface area contributed by atoms with Crippen LogP contribution in [-0.2, 0) is 12.5 Å².